The predicted molar refractivity (Wildman–Crippen MR) is 63.9 cm³/mol. The summed E-state index contributed by atoms with van der Waals surface area (Å²) in [4.78, 5) is 12.5. The number of amides is 1. The number of hydrogen-bond acceptors (Lipinski definition) is 2. The highest BCUT2D eigenvalue weighted by atomic mass is 19.1. The Hall–Kier alpha value is -1.42. The Balaban J connectivity index is 1.81. The monoisotopic (exact) mass is 236 g/mol. The van der Waals surface area contributed by atoms with Crippen LogP contribution in [-0.2, 0) is 11.3 Å². The van der Waals surface area contributed by atoms with E-state index >= 15 is 0 Å². The Morgan fingerprint density at radius 2 is 2.18 bits per heavy atom. The lowest BCUT2D eigenvalue weighted by atomic mass is 10.1. The SMILES string of the molecule is O=CN1CCC[C@H](NCc2ccc(F)cc2)C1. The third-order valence-electron chi connectivity index (χ3n) is 3.11. The molecule has 0 bridgehead atoms. The van der Waals surface area contributed by atoms with Crippen molar-refractivity contribution in [1.29, 1.82) is 0 Å². The summed E-state index contributed by atoms with van der Waals surface area (Å²) >= 11 is 0. The molecule has 4 heteroatoms. The fourth-order valence-corrected chi connectivity index (χ4v) is 2.13. The van der Waals surface area contributed by atoms with Gasteiger partial charge in [0.25, 0.3) is 0 Å². The Labute approximate surface area is 101 Å². The van der Waals surface area contributed by atoms with E-state index in [4.69, 9.17) is 0 Å². The van der Waals surface area contributed by atoms with E-state index in [1.54, 1.807) is 17.0 Å². The number of likely N-dealkylation sites (tertiary alicyclic amines) is 1. The second-order valence-corrected chi connectivity index (χ2v) is 4.45. The van der Waals surface area contributed by atoms with E-state index in [1.165, 1.54) is 12.1 Å². The summed E-state index contributed by atoms with van der Waals surface area (Å²) in [6.07, 6.45) is 3.04. The zero-order chi connectivity index (χ0) is 12.1. The van der Waals surface area contributed by atoms with Gasteiger partial charge in [0.05, 0.1) is 0 Å². The number of rotatable bonds is 4. The van der Waals surface area contributed by atoms with Crippen LogP contribution in [0.4, 0.5) is 4.39 Å². The molecule has 0 saturated carbocycles. The average Bonchev–Trinajstić information content (AvgIpc) is 2.38. The van der Waals surface area contributed by atoms with Crippen molar-refractivity contribution >= 4 is 6.41 Å². The predicted octanol–water partition coefficient (Wildman–Crippen LogP) is 1.54. The molecular weight excluding hydrogens is 219 g/mol. The van der Waals surface area contributed by atoms with Crippen LogP contribution in [0.15, 0.2) is 24.3 Å². The minimum Gasteiger partial charge on any atom is -0.344 e. The molecule has 1 aliphatic rings. The first kappa shape index (κ1) is 12.0. The zero-order valence-corrected chi connectivity index (χ0v) is 9.73. The second kappa shape index (κ2) is 5.77. The minimum absolute atomic E-state index is 0.210. The van der Waals surface area contributed by atoms with Crippen LogP contribution in [0.2, 0.25) is 0 Å². The second-order valence-electron chi connectivity index (χ2n) is 4.45. The molecule has 3 nitrogen and oxygen atoms in total. The van der Waals surface area contributed by atoms with E-state index in [1.807, 2.05) is 0 Å². The van der Waals surface area contributed by atoms with E-state index in [0.29, 0.717) is 6.04 Å². The van der Waals surface area contributed by atoms with Crippen molar-refractivity contribution < 1.29 is 9.18 Å². The maximum atomic E-state index is 12.7. The van der Waals surface area contributed by atoms with Crippen molar-refractivity contribution in [1.82, 2.24) is 10.2 Å². The first-order valence-corrected chi connectivity index (χ1v) is 5.95. The lowest BCUT2D eigenvalue weighted by Gasteiger charge is -2.30. The molecule has 1 atom stereocenters. The van der Waals surface area contributed by atoms with Gasteiger partial charge in [0, 0.05) is 25.7 Å². The van der Waals surface area contributed by atoms with Crippen molar-refractivity contribution in [2.45, 2.75) is 25.4 Å². The normalized spacial score (nSPS) is 20.3. The largest absolute Gasteiger partial charge is 0.344 e. The molecule has 1 aromatic carbocycles. The standard InChI is InChI=1S/C13H17FN2O/c14-12-5-3-11(4-6-12)8-15-13-2-1-7-16(9-13)10-17/h3-6,10,13,15H,1-2,7-9H2/t13-/m0/s1. The van der Waals surface area contributed by atoms with E-state index in [9.17, 15) is 9.18 Å². The fraction of sp³-hybridized carbons (Fsp3) is 0.462. The lowest BCUT2D eigenvalue weighted by Crippen LogP contribution is -2.44. The number of halogens is 1. The fourth-order valence-electron chi connectivity index (χ4n) is 2.13. The maximum absolute atomic E-state index is 12.7. The maximum Gasteiger partial charge on any atom is 0.209 e. The van der Waals surface area contributed by atoms with Crippen molar-refractivity contribution in [3.05, 3.63) is 35.6 Å². The topological polar surface area (TPSA) is 32.3 Å². The Kier molecular flexibility index (Phi) is 4.09. The highest BCUT2D eigenvalue weighted by Crippen LogP contribution is 2.09. The van der Waals surface area contributed by atoms with E-state index in [2.05, 4.69) is 5.32 Å². The summed E-state index contributed by atoms with van der Waals surface area (Å²) in [5.74, 6) is -0.210. The number of carbonyl (C=O) groups is 1. The Bertz CT molecular complexity index is 366. The molecule has 1 N–H and O–H groups in total. The molecule has 1 aliphatic heterocycles. The summed E-state index contributed by atoms with van der Waals surface area (Å²) in [7, 11) is 0. The number of hydrogen-bond donors (Lipinski definition) is 1. The van der Waals surface area contributed by atoms with Gasteiger partial charge in [-0.1, -0.05) is 12.1 Å². The summed E-state index contributed by atoms with van der Waals surface area (Å²) in [5, 5.41) is 3.40. The highest BCUT2D eigenvalue weighted by molar-refractivity contribution is 5.47. The molecule has 17 heavy (non-hydrogen) atoms. The summed E-state index contributed by atoms with van der Waals surface area (Å²) in [6, 6.07) is 6.84. The minimum atomic E-state index is -0.210. The van der Waals surface area contributed by atoms with Crippen molar-refractivity contribution in [2.24, 2.45) is 0 Å². The van der Waals surface area contributed by atoms with Gasteiger partial charge < -0.3 is 10.2 Å². The van der Waals surface area contributed by atoms with Gasteiger partial charge in [-0.15, -0.1) is 0 Å². The van der Waals surface area contributed by atoms with Crippen molar-refractivity contribution in [3.63, 3.8) is 0 Å². The van der Waals surface area contributed by atoms with Gasteiger partial charge in [-0.25, -0.2) is 4.39 Å². The van der Waals surface area contributed by atoms with Crippen molar-refractivity contribution in [3.8, 4) is 0 Å². The molecule has 1 fully saturated rings. The number of piperidine rings is 1. The number of nitrogens with zero attached hydrogens (tertiary/aromatic N) is 1. The number of benzene rings is 1. The number of carbonyl (C=O) groups excluding carboxylic acids is 1. The van der Waals surface area contributed by atoms with E-state index in [-0.39, 0.29) is 5.82 Å². The summed E-state index contributed by atoms with van der Waals surface area (Å²) < 4.78 is 12.7. The van der Waals surface area contributed by atoms with Gasteiger partial charge in [-0.2, -0.15) is 0 Å². The third kappa shape index (κ3) is 3.53. The van der Waals surface area contributed by atoms with Crippen LogP contribution in [0.1, 0.15) is 18.4 Å². The van der Waals surface area contributed by atoms with Gasteiger partial charge >= 0.3 is 0 Å². The molecule has 1 heterocycles. The van der Waals surface area contributed by atoms with Crippen LogP contribution in [0, 0.1) is 5.82 Å². The van der Waals surface area contributed by atoms with Gasteiger partial charge in [-0.3, -0.25) is 4.79 Å². The summed E-state index contributed by atoms with van der Waals surface area (Å²) in [6.45, 7) is 2.35. The molecule has 0 spiro atoms. The van der Waals surface area contributed by atoms with Gasteiger partial charge in [0.1, 0.15) is 5.82 Å². The molecular formula is C13H17FN2O. The van der Waals surface area contributed by atoms with Crippen LogP contribution in [-0.4, -0.2) is 30.4 Å². The molecule has 1 saturated heterocycles. The van der Waals surface area contributed by atoms with E-state index in [0.717, 1.165) is 44.4 Å². The molecule has 1 amide bonds. The Morgan fingerprint density at radius 1 is 1.41 bits per heavy atom. The third-order valence-corrected chi connectivity index (χ3v) is 3.11. The zero-order valence-electron chi connectivity index (χ0n) is 9.73. The molecule has 0 aromatic heterocycles. The van der Waals surface area contributed by atoms with Crippen LogP contribution in [0.3, 0.4) is 0 Å². The van der Waals surface area contributed by atoms with Crippen LogP contribution in [0.25, 0.3) is 0 Å². The van der Waals surface area contributed by atoms with E-state index < -0.39 is 0 Å². The summed E-state index contributed by atoms with van der Waals surface area (Å²) in [5.41, 5.74) is 1.06. The molecule has 1 aromatic rings. The van der Waals surface area contributed by atoms with Crippen LogP contribution >= 0.6 is 0 Å². The first-order chi connectivity index (χ1) is 8.28. The molecule has 92 valence electrons. The first-order valence-electron chi connectivity index (χ1n) is 5.95. The van der Waals surface area contributed by atoms with Gasteiger partial charge in [0.2, 0.25) is 6.41 Å². The van der Waals surface area contributed by atoms with Crippen LogP contribution < -0.4 is 5.32 Å². The average molecular weight is 236 g/mol. The quantitative estimate of drug-likeness (QED) is 0.804. The Morgan fingerprint density at radius 3 is 2.88 bits per heavy atom. The van der Waals surface area contributed by atoms with Gasteiger partial charge in [0.15, 0.2) is 0 Å². The molecule has 2 rings (SSSR count). The smallest absolute Gasteiger partial charge is 0.209 e. The van der Waals surface area contributed by atoms with Gasteiger partial charge in [-0.05, 0) is 30.5 Å². The molecule has 0 aliphatic carbocycles. The number of nitrogens with one attached hydrogen (secondary N) is 1. The molecule has 0 unspecified atom stereocenters. The molecule has 0 radical (unpaired) electrons. The lowest BCUT2D eigenvalue weighted by molar-refractivity contribution is -0.119. The van der Waals surface area contributed by atoms with Crippen molar-refractivity contribution in [2.75, 3.05) is 13.1 Å². The van der Waals surface area contributed by atoms with Crippen LogP contribution in [0.5, 0.6) is 0 Å². The highest BCUT2D eigenvalue weighted by Gasteiger charge is 2.17.